The van der Waals surface area contributed by atoms with Gasteiger partial charge in [0.05, 0.1) is 6.54 Å². The van der Waals surface area contributed by atoms with Crippen molar-refractivity contribution in [1.29, 1.82) is 0 Å². The highest BCUT2D eigenvalue weighted by Gasteiger charge is 2.25. The summed E-state index contributed by atoms with van der Waals surface area (Å²) in [5.41, 5.74) is 8.88. The second-order valence-corrected chi connectivity index (χ2v) is 6.85. The molecule has 0 saturated heterocycles. The average molecular weight is 367 g/mol. The van der Waals surface area contributed by atoms with Crippen LogP contribution in [0.1, 0.15) is 17.5 Å². The fourth-order valence-electron chi connectivity index (χ4n) is 2.94. The number of hydrogen-bond donors (Lipinski definition) is 2. The van der Waals surface area contributed by atoms with Crippen LogP contribution in [-0.2, 0) is 11.3 Å². The number of nitrogens with two attached hydrogens (primary N) is 1. The Balaban J connectivity index is 1.72. The molecule has 1 amide bonds. The first kappa shape index (κ1) is 18.8. The molecule has 27 heavy (non-hydrogen) atoms. The molecule has 0 aliphatic carbocycles. The Morgan fingerprint density at radius 1 is 1.22 bits per heavy atom. The van der Waals surface area contributed by atoms with Crippen LogP contribution < -0.4 is 11.1 Å². The zero-order valence-corrected chi connectivity index (χ0v) is 15.9. The summed E-state index contributed by atoms with van der Waals surface area (Å²) < 4.78 is 0. The van der Waals surface area contributed by atoms with Gasteiger partial charge < -0.3 is 20.9 Å². The molecule has 0 atom stereocenters. The Bertz CT molecular complexity index is 863. The van der Waals surface area contributed by atoms with Crippen molar-refractivity contribution in [1.82, 2.24) is 19.8 Å². The number of carbonyl (C=O) groups excluding carboxylic acids is 1. The monoisotopic (exact) mass is 367 g/mol. The van der Waals surface area contributed by atoms with Gasteiger partial charge in [0.15, 0.2) is 0 Å². The van der Waals surface area contributed by atoms with Crippen LogP contribution in [0, 0.1) is 0 Å². The van der Waals surface area contributed by atoms with E-state index in [1.165, 1.54) is 0 Å². The maximum atomic E-state index is 12.8. The van der Waals surface area contributed by atoms with Crippen molar-refractivity contribution in [2.75, 3.05) is 45.3 Å². The van der Waals surface area contributed by atoms with E-state index in [0.717, 1.165) is 29.8 Å². The first-order chi connectivity index (χ1) is 12.9. The van der Waals surface area contributed by atoms with Gasteiger partial charge >= 0.3 is 0 Å². The number of amides is 1. The molecule has 8 heteroatoms. The molecule has 1 aromatic carbocycles. The SMILES string of the molecule is CN(C)CCCN(C)C(=O)C1=NCc2ccc(Nc3ccnc(N)n3)cc21. The predicted molar refractivity (Wildman–Crippen MR) is 107 cm³/mol. The molecule has 1 aliphatic heterocycles. The zero-order valence-electron chi connectivity index (χ0n) is 15.9. The standard InChI is InChI=1S/C19H25N7O/c1-25(2)9-4-10-26(3)18(27)17-15-11-14(6-5-13(15)12-22-17)23-16-7-8-21-19(20)24-16/h5-8,11H,4,9-10,12H2,1-3H3,(H3,20,21,23,24). The van der Waals surface area contributed by atoms with Crippen LogP contribution in [0.5, 0.6) is 0 Å². The van der Waals surface area contributed by atoms with Crippen LogP contribution in [-0.4, -0.2) is 65.6 Å². The molecule has 0 spiro atoms. The van der Waals surface area contributed by atoms with Gasteiger partial charge in [0.2, 0.25) is 5.95 Å². The van der Waals surface area contributed by atoms with E-state index in [1.807, 2.05) is 39.3 Å². The highest BCUT2D eigenvalue weighted by atomic mass is 16.2. The molecule has 0 unspecified atom stereocenters. The fraction of sp³-hybridized carbons (Fsp3) is 0.368. The summed E-state index contributed by atoms with van der Waals surface area (Å²) in [5.74, 6) is 0.764. The first-order valence-corrected chi connectivity index (χ1v) is 8.87. The van der Waals surface area contributed by atoms with Crippen molar-refractivity contribution >= 4 is 29.1 Å². The van der Waals surface area contributed by atoms with Gasteiger partial charge in [0.1, 0.15) is 11.5 Å². The number of hydrogen-bond acceptors (Lipinski definition) is 7. The summed E-state index contributed by atoms with van der Waals surface area (Å²) in [5, 5.41) is 3.19. The minimum Gasteiger partial charge on any atom is -0.368 e. The molecule has 1 aliphatic rings. The van der Waals surface area contributed by atoms with E-state index in [0.29, 0.717) is 24.6 Å². The molecule has 0 saturated carbocycles. The lowest BCUT2D eigenvalue weighted by molar-refractivity contribution is -0.122. The van der Waals surface area contributed by atoms with Gasteiger partial charge in [-0.25, -0.2) is 4.98 Å². The number of anilines is 3. The van der Waals surface area contributed by atoms with Crippen LogP contribution in [0.3, 0.4) is 0 Å². The van der Waals surface area contributed by atoms with Gasteiger partial charge in [-0.2, -0.15) is 4.98 Å². The van der Waals surface area contributed by atoms with Gasteiger partial charge in [-0.3, -0.25) is 9.79 Å². The smallest absolute Gasteiger partial charge is 0.272 e. The van der Waals surface area contributed by atoms with Crippen LogP contribution in [0.15, 0.2) is 35.5 Å². The number of carbonyl (C=O) groups is 1. The molecular formula is C19H25N7O. The number of rotatable bonds is 7. The maximum absolute atomic E-state index is 12.8. The summed E-state index contributed by atoms with van der Waals surface area (Å²) in [6.45, 7) is 2.17. The molecule has 0 radical (unpaired) electrons. The Labute approximate surface area is 159 Å². The first-order valence-electron chi connectivity index (χ1n) is 8.87. The van der Waals surface area contributed by atoms with Crippen LogP contribution in [0.4, 0.5) is 17.5 Å². The Hall–Kier alpha value is -3.00. The van der Waals surface area contributed by atoms with Gasteiger partial charge in [-0.1, -0.05) is 6.07 Å². The largest absolute Gasteiger partial charge is 0.368 e. The summed E-state index contributed by atoms with van der Waals surface area (Å²) in [7, 11) is 5.88. The van der Waals surface area contributed by atoms with Crippen LogP contribution in [0.25, 0.3) is 0 Å². The van der Waals surface area contributed by atoms with Crippen LogP contribution >= 0.6 is 0 Å². The molecule has 2 heterocycles. The van der Waals surface area contributed by atoms with E-state index in [9.17, 15) is 4.79 Å². The Kier molecular flexibility index (Phi) is 5.66. The molecule has 0 fully saturated rings. The molecule has 3 N–H and O–H groups in total. The van der Waals surface area contributed by atoms with Crippen molar-refractivity contribution in [3.8, 4) is 0 Å². The van der Waals surface area contributed by atoms with Crippen LogP contribution in [0.2, 0.25) is 0 Å². The molecular weight excluding hydrogens is 342 g/mol. The topological polar surface area (TPSA) is 99.7 Å². The normalized spacial score (nSPS) is 12.7. The molecule has 142 valence electrons. The third-order valence-corrected chi connectivity index (χ3v) is 4.37. The second kappa shape index (κ2) is 8.13. The number of nitrogens with zero attached hydrogens (tertiary/aromatic N) is 5. The lowest BCUT2D eigenvalue weighted by Gasteiger charge is -2.19. The number of benzene rings is 1. The summed E-state index contributed by atoms with van der Waals surface area (Å²) in [6, 6.07) is 7.60. The minimum absolute atomic E-state index is 0.0454. The zero-order chi connectivity index (χ0) is 19.4. The summed E-state index contributed by atoms with van der Waals surface area (Å²) in [4.78, 5) is 29.2. The number of aliphatic imine (C=N–C) groups is 1. The molecule has 8 nitrogen and oxygen atoms in total. The number of fused-ring (bicyclic) bond motifs is 1. The Morgan fingerprint density at radius 3 is 2.78 bits per heavy atom. The van der Waals surface area contributed by atoms with Gasteiger partial charge in [0.25, 0.3) is 5.91 Å². The maximum Gasteiger partial charge on any atom is 0.272 e. The van der Waals surface area contributed by atoms with Crippen molar-refractivity contribution in [3.05, 3.63) is 41.6 Å². The van der Waals surface area contributed by atoms with Gasteiger partial charge in [0, 0.05) is 31.0 Å². The van der Waals surface area contributed by atoms with Crippen molar-refractivity contribution < 1.29 is 4.79 Å². The third kappa shape index (κ3) is 4.59. The molecule has 0 bridgehead atoms. The predicted octanol–water partition coefficient (Wildman–Crippen LogP) is 1.52. The lowest BCUT2D eigenvalue weighted by atomic mass is 10.0. The van der Waals surface area contributed by atoms with Crippen molar-refractivity contribution in [3.63, 3.8) is 0 Å². The highest BCUT2D eigenvalue weighted by molar-refractivity contribution is 6.46. The second-order valence-electron chi connectivity index (χ2n) is 6.85. The quantitative estimate of drug-likeness (QED) is 0.770. The summed E-state index contributed by atoms with van der Waals surface area (Å²) in [6.07, 6.45) is 2.52. The number of likely N-dealkylation sites (N-methyl/N-ethyl adjacent to an activating group) is 1. The third-order valence-electron chi connectivity index (χ3n) is 4.37. The molecule has 3 rings (SSSR count). The molecule has 1 aromatic heterocycles. The van der Waals surface area contributed by atoms with E-state index in [4.69, 9.17) is 5.73 Å². The van der Waals surface area contributed by atoms with E-state index >= 15 is 0 Å². The van der Waals surface area contributed by atoms with E-state index in [1.54, 1.807) is 17.2 Å². The van der Waals surface area contributed by atoms with E-state index in [2.05, 4.69) is 25.2 Å². The van der Waals surface area contributed by atoms with Crippen molar-refractivity contribution in [2.24, 2.45) is 4.99 Å². The Morgan fingerprint density at radius 2 is 2.04 bits per heavy atom. The fourth-order valence-corrected chi connectivity index (χ4v) is 2.94. The van der Waals surface area contributed by atoms with Gasteiger partial charge in [-0.15, -0.1) is 0 Å². The lowest BCUT2D eigenvalue weighted by Crippen LogP contribution is -2.35. The average Bonchev–Trinajstić information content (AvgIpc) is 3.04. The van der Waals surface area contributed by atoms with E-state index in [-0.39, 0.29) is 11.9 Å². The van der Waals surface area contributed by atoms with Gasteiger partial charge in [-0.05, 0) is 50.8 Å². The number of nitrogen functional groups attached to an aromatic ring is 1. The minimum atomic E-state index is -0.0454. The highest BCUT2D eigenvalue weighted by Crippen LogP contribution is 2.25. The van der Waals surface area contributed by atoms with Crippen molar-refractivity contribution in [2.45, 2.75) is 13.0 Å². The van der Waals surface area contributed by atoms with E-state index < -0.39 is 0 Å². The number of aromatic nitrogens is 2. The number of nitrogens with one attached hydrogen (secondary N) is 1. The molecule has 2 aromatic rings. The summed E-state index contributed by atoms with van der Waals surface area (Å²) >= 11 is 0.